The third-order valence-electron chi connectivity index (χ3n) is 3.35. The average Bonchev–Trinajstić information content (AvgIpc) is 2.60. The van der Waals surface area contributed by atoms with Gasteiger partial charge < -0.3 is 9.64 Å². The van der Waals surface area contributed by atoms with Gasteiger partial charge in [-0.3, -0.25) is 9.59 Å². The predicted octanol–water partition coefficient (Wildman–Crippen LogP) is 4.36. The quantitative estimate of drug-likeness (QED) is 0.555. The minimum absolute atomic E-state index is 0.0796. The molecule has 0 aliphatic heterocycles. The molecule has 2 aromatic carbocycles. The smallest absolute Gasteiger partial charge is 0.259 e. The molecule has 0 atom stereocenters. The van der Waals surface area contributed by atoms with E-state index in [0.29, 0.717) is 21.4 Å². The zero-order chi connectivity index (χ0) is 18.4. The summed E-state index contributed by atoms with van der Waals surface area (Å²) in [4.78, 5) is 25.3. The number of likely N-dealkylation sites (N-methyl/N-ethyl adjacent to an activating group) is 1. The van der Waals surface area contributed by atoms with Gasteiger partial charge in [-0.1, -0.05) is 47.5 Å². The van der Waals surface area contributed by atoms with Gasteiger partial charge in [-0.05, 0) is 35.9 Å². The number of hydrogen-bond donors (Lipinski definition) is 0. The molecule has 25 heavy (non-hydrogen) atoms. The van der Waals surface area contributed by atoms with Crippen molar-refractivity contribution >= 4 is 41.0 Å². The largest absolute Gasteiger partial charge is 0.484 e. The zero-order valence-corrected chi connectivity index (χ0v) is 15.3. The third kappa shape index (κ3) is 5.62. The Kier molecular flexibility index (Phi) is 6.62. The molecule has 0 N–H and O–H groups in total. The maximum absolute atomic E-state index is 12.3. The number of ether oxygens (including phenoxy) is 1. The fourth-order valence-electron chi connectivity index (χ4n) is 1.90. The molecule has 6 heteroatoms. The molecule has 0 spiro atoms. The van der Waals surface area contributed by atoms with Crippen LogP contribution in [0.15, 0.2) is 48.5 Å². The van der Waals surface area contributed by atoms with E-state index in [1.807, 2.05) is 0 Å². The van der Waals surface area contributed by atoms with Crippen LogP contribution in [0.25, 0.3) is 6.08 Å². The summed E-state index contributed by atoms with van der Waals surface area (Å²) in [5.41, 5.74) is 1.23. The summed E-state index contributed by atoms with van der Waals surface area (Å²) in [6.07, 6.45) is 3.11. The van der Waals surface area contributed by atoms with Gasteiger partial charge in [0.05, 0.1) is 10.0 Å². The lowest BCUT2D eigenvalue weighted by atomic mass is 10.1. The molecule has 0 unspecified atom stereocenters. The Hall–Kier alpha value is -2.30. The second kappa shape index (κ2) is 8.70. The molecule has 0 aliphatic carbocycles. The van der Waals surface area contributed by atoms with Crippen LogP contribution in [0, 0.1) is 0 Å². The Morgan fingerprint density at radius 3 is 2.52 bits per heavy atom. The molecule has 2 rings (SSSR count). The van der Waals surface area contributed by atoms with Crippen LogP contribution in [-0.4, -0.2) is 37.3 Å². The molecule has 0 aromatic heterocycles. The van der Waals surface area contributed by atoms with Crippen LogP contribution in [0.2, 0.25) is 10.0 Å². The fourth-order valence-corrected chi connectivity index (χ4v) is 2.20. The highest BCUT2D eigenvalue weighted by Gasteiger charge is 2.07. The molecule has 1 amide bonds. The van der Waals surface area contributed by atoms with Crippen molar-refractivity contribution in [3.05, 3.63) is 69.7 Å². The topological polar surface area (TPSA) is 46.6 Å². The number of amides is 1. The monoisotopic (exact) mass is 377 g/mol. The molecule has 0 saturated heterocycles. The number of carbonyl (C=O) groups is 2. The van der Waals surface area contributed by atoms with Crippen molar-refractivity contribution in [3.63, 3.8) is 0 Å². The van der Waals surface area contributed by atoms with Crippen molar-refractivity contribution in [2.75, 3.05) is 20.7 Å². The van der Waals surface area contributed by atoms with Gasteiger partial charge in [0.25, 0.3) is 5.91 Å². The maximum Gasteiger partial charge on any atom is 0.259 e. The van der Waals surface area contributed by atoms with E-state index in [1.165, 1.54) is 11.0 Å². The van der Waals surface area contributed by atoms with Gasteiger partial charge in [-0.2, -0.15) is 0 Å². The molecular formula is C19H17Cl2NO3. The van der Waals surface area contributed by atoms with Crippen LogP contribution in [-0.2, 0) is 4.79 Å². The minimum atomic E-state index is -0.185. The SMILES string of the molecule is CN(C)C(=O)COc1cccc(C(=O)/C=C/c2ccc(Cl)c(Cl)c2)c1. The number of rotatable bonds is 6. The fraction of sp³-hybridized carbons (Fsp3) is 0.158. The molecule has 2 aromatic rings. The summed E-state index contributed by atoms with van der Waals surface area (Å²) >= 11 is 11.8. The van der Waals surface area contributed by atoms with Crippen molar-refractivity contribution in [3.8, 4) is 5.75 Å². The number of hydrogen-bond acceptors (Lipinski definition) is 3. The molecule has 0 saturated carbocycles. The Bertz CT molecular complexity index is 816. The van der Waals surface area contributed by atoms with Gasteiger partial charge in [0.1, 0.15) is 5.75 Å². The summed E-state index contributed by atoms with van der Waals surface area (Å²) < 4.78 is 5.41. The van der Waals surface area contributed by atoms with Crippen LogP contribution < -0.4 is 4.74 Å². The van der Waals surface area contributed by atoms with E-state index in [-0.39, 0.29) is 18.3 Å². The molecule has 0 fully saturated rings. The van der Waals surface area contributed by atoms with Crippen molar-refractivity contribution in [2.45, 2.75) is 0 Å². The average molecular weight is 378 g/mol. The Morgan fingerprint density at radius 2 is 1.84 bits per heavy atom. The number of nitrogens with zero attached hydrogens (tertiary/aromatic N) is 1. The summed E-state index contributed by atoms with van der Waals surface area (Å²) in [7, 11) is 3.30. The second-order valence-electron chi connectivity index (χ2n) is 5.48. The number of benzene rings is 2. The first-order valence-electron chi connectivity index (χ1n) is 7.47. The normalized spacial score (nSPS) is 10.7. The van der Waals surface area contributed by atoms with Gasteiger partial charge in [-0.15, -0.1) is 0 Å². The molecule has 0 aliphatic rings. The number of ketones is 1. The molecule has 0 heterocycles. The second-order valence-corrected chi connectivity index (χ2v) is 6.29. The van der Waals surface area contributed by atoms with Crippen LogP contribution >= 0.6 is 23.2 Å². The van der Waals surface area contributed by atoms with E-state index in [1.54, 1.807) is 62.6 Å². The van der Waals surface area contributed by atoms with Crippen LogP contribution in [0.3, 0.4) is 0 Å². The molecule has 4 nitrogen and oxygen atoms in total. The van der Waals surface area contributed by atoms with E-state index in [2.05, 4.69) is 0 Å². The first-order valence-corrected chi connectivity index (χ1v) is 8.23. The summed E-state index contributed by atoms with van der Waals surface area (Å²) in [5, 5.41) is 0.888. The molecule has 130 valence electrons. The molecule has 0 bridgehead atoms. The number of halogens is 2. The lowest BCUT2D eigenvalue weighted by molar-refractivity contribution is -0.130. The lowest BCUT2D eigenvalue weighted by Gasteiger charge is -2.11. The van der Waals surface area contributed by atoms with Crippen LogP contribution in [0.5, 0.6) is 5.75 Å². The summed E-state index contributed by atoms with van der Waals surface area (Å²) in [6, 6.07) is 11.8. The summed E-state index contributed by atoms with van der Waals surface area (Å²) in [5.74, 6) is 0.121. The highest BCUT2D eigenvalue weighted by atomic mass is 35.5. The zero-order valence-electron chi connectivity index (χ0n) is 13.8. The van der Waals surface area contributed by atoms with E-state index in [9.17, 15) is 9.59 Å². The van der Waals surface area contributed by atoms with Crippen molar-refractivity contribution < 1.29 is 14.3 Å². The predicted molar refractivity (Wildman–Crippen MR) is 100 cm³/mol. The van der Waals surface area contributed by atoms with Crippen molar-refractivity contribution in [2.24, 2.45) is 0 Å². The van der Waals surface area contributed by atoms with Gasteiger partial charge in [0.15, 0.2) is 12.4 Å². The van der Waals surface area contributed by atoms with Gasteiger partial charge >= 0.3 is 0 Å². The summed E-state index contributed by atoms with van der Waals surface area (Å²) in [6.45, 7) is -0.0796. The molecule has 0 radical (unpaired) electrons. The standard InChI is InChI=1S/C19H17Cl2NO3/c1-22(2)19(24)12-25-15-5-3-4-14(11-15)18(23)9-7-13-6-8-16(20)17(21)10-13/h3-11H,12H2,1-2H3/b9-7+. The van der Waals surface area contributed by atoms with Crippen LogP contribution in [0.4, 0.5) is 0 Å². The Morgan fingerprint density at radius 1 is 1.08 bits per heavy atom. The van der Waals surface area contributed by atoms with E-state index in [4.69, 9.17) is 27.9 Å². The first kappa shape index (κ1) is 19.0. The van der Waals surface area contributed by atoms with Crippen molar-refractivity contribution in [1.82, 2.24) is 4.90 Å². The van der Waals surface area contributed by atoms with E-state index >= 15 is 0 Å². The van der Waals surface area contributed by atoms with Gasteiger partial charge in [0, 0.05) is 19.7 Å². The van der Waals surface area contributed by atoms with E-state index < -0.39 is 0 Å². The highest BCUT2D eigenvalue weighted by molar-refractivity contribution is 6.42. The Labute approximate surface area is 156 Å². The number of allylic oxidation sites excluding steroid dienone is 1. The lowest BCUT2D eigenvalue weighted by Crippen LogP contribution is -2.27. The Balaban J connectivity index is 2.06. The first-order chi connectivity index (χ1) is 11.9. The number of carbonyl (C=O) groups excluding carboxylic acids is 2. The maximum atomic E-state index is 12.3. The van der Waals surface area contributed by atoms with Gasteiger partial charge in [-0.25, -0.2) is 0 Å². The van der Waals surface area contributed by atoms with Crippen LogP contribution in [0.1, 0.15) is 15.9 Å². The van der Waals surface area contributed by atoms with E-state index in [0.717, 1.165) is 5.56 Å². The highest BCUT2D eigenvalue weighted by Crippen LogP contribution is 2.23. The minimum Gasteiger partial charge on any atom is -0.484 e. The third-order valence-corrected chi connectivity index (χ3v) is 4.09. The molecular weight excluding hydrogens is 361 g/mol. The van der Waals surface area contributed by atoms with Gasteiger partial charge in [0.2, 0.25) is 0 Å². The van der Waals surface area contributed by atoms with Crippen molar-refractivity contribution in [1.29, 1.82) is 0 Å².